The molecule has 2 aromatic rings. The molecule has 27 heavy (non-hydrogen) atoms. The van der Waals surface area contributed by atoms with Gasteiger partial charge in [-0.3, -0.25) is 14.6 Å². The summed E-state index contributed by atoms with van der Waals surface area (Å²) in [6, 6.07) is 9.34. The van der Waals surface area contributed by atoms with Crippen LogP contribution in [0.25, 0.3) is 0 Å². The Hall–Kier alpha value is -3.42. The number of hydrogen-bond donors (Lipinski definition) is 1. The molecule has 4 rings (SSSR count). The van der Waals surface area contributed by atoms with Crippen molar-refractivity contribution in [2.75, 3.05) is 6.79 Å². The smallest absolute Gasteiger partial charge is 0.270 e. The number of para-hydroxylation sites is 1. The molecule has 0 bridgehead atoms. The summed E-state index contributed by atoms with van der Waals surface area (Å²) in [6.45, 7) is 0.860. The maximum absolute atomic E-state index is 13.1. The number of amides is 2. The van der Waals surface area contributed by atoms with E-state index in [0.717, 1.165) is 11.1 Å². The number of pyridine rings is 1. The van der Waals surface area contributed by atoms with Gasteiger partial charge in [0.25, 0.3) is 5.91 Å². The van der Waals surface area contributed by atoms with Crippen LogP contribution in [-0.2, 0) is 22.7 Å². The van der Waals surface area contributed by atoms with Crippen LogP contribution in [0.4, 0.5) is 0 Å². The lowest BCUT2D eigenvalue weighted by molar-refractivity contribution is -0.125. The van der Waals surface area contributed by atoms with Crippen LogP contribution in [0.2, 0.25) is 0 Å². The first-order valence-electron chi connectivity index (χ1n) is 8.62. The van der Waals surface area contributed by atoms with Gasteiger partial charge in [-0.25, -0.2) is 5.43 Å². The molecule has 0 unspecified atom stereocenters. The lowest BCUT2D eigenvalue weighted by Gasteiger charge is -2.25. The van der Waals surface area contributed by atoms with Crippen molar-refractivity contribution in [2.24, 2.45) is 5.10 Å². The molecule has 3 heterocycles. The van der Waals surface area contributed by atoms with Gasteiger partial charge in [-0.2, -0.15) is 5.10 Å². The molecule has 1 aromatic carbocycles. The zero-order valence-electron chi connectivity index (χ0n) is 14.6. The minimum atomic E-state index is -0.227. The summed E-state index contributed by atoms with van der Waals surface area (Å²) in [5.41, 5.74) is 4.47. The van der Waals surface area contributed by atoms with Crippen molar-refractivity contribution in [1.29, 1.82) is 0 Å². The normalized spacial score (nSPS) is 15.1. The predicted octanol–water partition coefficient (Wildman–Crippen LogP) is 1.61. The molecule has 0 atom stereocenters. The fourth-order valence-electron chi connectivity index (χ4n) is 3.04. The zero-order valence-corrected chi connectivity index (χ0v) is 14.6. The lowest BCUT2D eigenvalue weighted by atomic mass is 10.1. The number of rotatable bonds is 5. The number of benzene rings is 1. The van der Waals surface area contributed by atoms with Gasteiger partial charge >= 0.3 is 0 Å². The fourth-order valence-corrected chi connectivity index (χ4v) is 3.04. The van der Waals surface area contributed by atoms with Crippen molar-refractivity contribution in [3.05, 3.63) is 53.9 Å². The second kappa shape index (κ2) is 7.45. The molecule has 2 aliphatic rings. The number of nitrogens with zero attached hydrogens (tertiary/aromatic N) is 3. The maximum Gasteiger partial charge on any atom is 0.270 e. The lowest BCUT2D eigenvalue weighted by Crippen LogP contribution is -2.39. The van der Waals surface area contributed by atoms with Crippen LogP contribution in [0.3, 0.4) is 0 Å². The van der Waals surface area contributed by atoms with Gasteiger partial charge in [0.15, 0.2) is 11.5 Å². The van der Waals surface area contributed by atoms with Crippen molar-refractivity contribution >= 4 is 17.5 Å². The van der Waals surface area contributed by atoms with Crippen molar-refractivity contribution in [3.63, 3.8) is 0 Å². The molecule has 8 nitrogen and oxygen atoms in total. The maximum atomic E-state index is 13.1. The van der Waals surface area contributed by atoms with Gasteiger partial charge in [0.2, 0.25) is 12.7 Å². The molecule has 0 saturated heterocycles. The summed E-state index contributed by atoms with van der Waals surface area (Å²) < 4.78 is 11.0. The van der Waals surface area contributed by atoms with Gasteiger partial charge in [0.1, 0.15) is 5.71 Å². The van der Waals surface area contributed by atoms with Crippen molar-refractivity contribution in [3.8, 4) is 11.5 Å². The summed E-state index contributed by atoms with van der Waals surface area (Å²) in [5, 5.41) is 3.94. The third kappa shape index (κ3) is 3.74. The Labute approximate surface area is 155 Å². The average molecular weight is 366 g/mol. The zero-order chi connectivity index (χ0) is 18.6. The Morgan fingerprint density at radius 1 is 1.15 bits per heavy atom. The summed E-state index contributed by atoms with van der Waals surface area (Å²) in [7, 11) is 0. The van der Waals surface area contributed by atoms with Gasteiger partial charge in [0, 0.05) is 37.3 Å². The number of hydrogen-bond acceptors (Lipinski definition) is 6. The molecular weight excluding hydrogens is 348 g/mol. The summed E-state index contributed by atoms with van der Waals surface area (Å²) in [6.07, 6.45) is 3.98. The van der Waals surface area contributed by atoms with Crippen LogP contribution in [0.5, 0.6) is 11.5 Å². The highest BCUT2D eigenvalue weighted by Crippen LogP contribution is 2.36. The molecule has 138 valence electrons. The third-order valence-electron chi connectivity index (χ3n) is 4.37. The first-order chi connectivity index (χ1) is 13.2. The summed E-state index contributed by atoms with van der Waals surface area (Å²) in [5.74, 6) is 0.913. The highest BCUT2D eigenvalue weighted by Gasteiger charge is 2.26. The SMILES string of the molecule is O=C1CCC(C(=O)N(Cc2cccnc2)Cc2cccc3c2OCO3)=NN1. The van der Waals surface area contributed by atoms with E-state index in [0.29, 0.717) is 36.7 Å². The highest BCUT2D eigenvalue weighted by atomic mass is 16.7. The van der Waals surface area contributed by atoms with Crippen LogP contribution in [0.15, 0.2) is 47.8 Å². The number of nitrogens with one attached hydrogen (secondary N) is 1. The van der Waals surface area contributed by atoms with Crippen molar-refractivity contribution in [1.82, 2.24) is 15.3 Å². The fraction of sp³-hybridized carbons (Fsp3) is 0.263. The monoisotopic (exact) mass is 366 g/mol. The van der Waals surface area contributed by atoms with E-state index in [1.807, 2.05) is 30.3 Å². The second-order valence-electron chi connectivity index (χ2n) is 6.27. The van der Waals surface area contributed by atoms with Crippen LogP contribution in [0, 0.1) is 0 Å². The molecule has 0 aliphatic carbocycles. The van der Waals surface area contributed by atoms with Gasteiger partial charge in [-0.05, 0) is 17.7 Å². The highest BCUT2D eigenvalue weighted by molar-refractivity contribution is 6.39. The molecule has 0 spiro atoms. The van der Waals surface area contributed by atoms with Crippen LogP contribution < -0.4 is 14.9 Å². The van der Waals surface area contributed by atoms with E-state index in [9.17, 15) is 9.59 Å². The minimum absolute atomic E-state index is 0.168. The number of carbonyl (C=O) groups excluding carboxylic acids is 2. The molecule has 1 aromatic heterocycles. The Morgan fingerprint density at radius 2 is 2.07 bits per heavy atom. The third-order valence-corrected chi connectivity index (χ3v) is 4.37. The summed E-state index contributed by atoms with van der Waals surface area (Å²) in [4.78, 5) is 30.2. The Balaban J connectivity index is 1.61. The molecule has 0 radical (unpaired) electrons. The first kappa shape index (κ1) is 17.0. The quantitative estimate of drug-likeness (QED) is 0.868. The van der Waals surface area contributed by atoms with E-state index in [1.54, 1.807) is 17.3 Å². The molecule has 2 amide bonds. The first-order valence-corrected chi connectivity index (χ1v) is 8.62. The Kier molecular flexibility index (Phi) is 4.69. The second-order valence-corrected chi connectivity index (χ2v) is 6.27. The largest absolute Gasteiger partial charge is 0.454 e. The van der Waals surface area contributed by atoms with Gasteiger partial charge < -0.3 is 14.4 Å². The number of ether oxygens (including phenoxy) is 2. The van der Waals surface area contributed by atoms with Crippen molar-refractivity contribution < 1.29 is 19.1 Å². The number of aromatic nitrogens is 1. The Morgan fingerprint density at radius 3 is 2.85 bits per heavy atom. The van der Waals surface area contributed by atoms with Crippen LogP contribution in [0.1, 0.15) is 24.0 Å². The van der Waals surface area contributed by atoms with E-state index in [2.05, 4.69) is 15.5 Å². The molecule has 0 saturated carbocycles. The molecule has 0 fully saturated rings. The van der Waals surface area contributed by atoms with E-state index < -0.39 is 0 Å². The van der Waals surface area contributed by atoms with Crippen LogP contribution in [-0.4, -0.2) is 34.2 Å². The number of fused-ring (bicyclic) bond motifs is 1. The minimum Gasteiger partial charge on any atom is -0.454 e. The van der Waals surface area contributed by atoms with E-state index >= 15 is 0 Å². The Bertz CT molecular complexity index is 898. The topological polar surface area (TPSA) is 93.1 Å². The molecule has 8 heteroatoms. The molecule has 2 aliphatic heterocycles. The van der Waals surface area contributed by atoms with Gasteiger partial charge in [0.05, 0.1) is 6.54 Å². The summed E-state index contributed by atoms with van der Waals surface area (Å²) >= 11 is 0. The number of carbonyl (C=O) groups is 2. The average Bonchev–Trinajstić information content (AvgIpc) is 3.18. The van der Waals surface area contributed by atoms with E-state index in [-0.39, 0.29) is 25.0 Å². The predicted molar refractivity (Wildman–Crippen MR) is 95.9 cm³/mol. The molecule has 1 N–H and O–H groups in total. The van der Waals surface area contributed by atoms with Gasteiger partial charge in [-0.1, -0.05) is 18.2 Å². The molecular formula is C19H18N4O4. The van der Waals surface area contributed by atoms with Crippen LogP contribution >= 0.6 is 0 Å². The standard InChI is InChI=1S/C19H18N4O4/c24-17-7-6-15(21-22-17)19(25)23(10-13-3-2-8-20-9-13)11-14-4-1-5-16-18(14)27-12-26-16/h1-5,8-9H,6-7,10-12H2,(H,22,24). The number of hydrazone groups is 1. The van der Waals surface area contributed by atoms with E-state index in [1.165, 1.54) is 0 Å². The van der Waals surface area contributed by atoms with Crippen molar-refractivity contribution in [2.45, 2.75) is 25.9 Å². The van der Waals surface area contributed by atoms with E-state index in [4.69, 9.17) is 9.47 Å². The van der Waals surface area contributed by atoms with Gasteiger partial charge in [-0.15, -0.1) is 0 Å².